The van der Waals surface area contributed by atoms with Crippen LogP contribution >= 0.6 is 0 Å². The minimum atomic E-state index is -0.604. The fourth-order valence-electron chi connectivity index (χ4n) is 3.97. The van der Waals surface area contributed by atoms with E-state index >= 15 is 0 Å². The molecule has 31 heavy (non-hydrogen) atoms. The van der Waals surface area contributed by atoms with Gasteiger partial charge in [-0.2, -0.15) is 0 Å². The summed E-state index contributed by atoms with van der Waals surface area (Å²) in [5.74, 6) is 0.894. The SMILES string of the molecule is CCCCCOc1ccc(C2NC(=O)c3oc4c(C)c(C)ccc4c(=O)c32)cc1OC. The van der Waals surface area contributed by atoms with Gasteiger partial charge in [0.1, 0.15) is 5.58 Å². The van der Waals surface area contributed by atoms with Gasteiger partial charge < -0.3 is 19.2 Å². The molecular formula is C25H27NO5. The molecular weight excluding hydrogens is 394 g/mol. The average molecular weight is 421 g/mol. The summed E-state index contributed by atoms with van der Waals surface area (Å²) in [7, 11) is 1.58. The Labute approximate surface area is 181 Å². The third kappa shape index (κ3) is 3.67. The Bertz CT molecular complexity index is 1210. The Morgan fingerprint density at radius 3 is 2.61 bits per heavy atom. The third-order valence-corrected chi connectivity index (χ3v) is 5.91. The van der Waals surface area contributed by atoms with Gasteiger partial charge in [-0.1, -0.05) is 31.9 Å². The molecule has 2 heterocycles. The average Bonchev–Trinajstić information content (AvgIpc) is 3.11. The van der Waals surface area contributed by atoms with E-state index < -0.39 is 11.9 Å². The summed E-state index contributed by atoms with van der Waals surface area (Å²) in [6.07, 6.45) is 3.20. The topological polar surface area (TPSA) is 77.8 Å². The van der Waals surface area contributed by atoms with Gasteiger partial charge in [0.15, 0.2) is 16.9 Å². The smallest absolute Gasteiger partial charge is 0.288 e. The second kappa shape index (κ2) is 8.46. The van der Waals surface area contributed by atoms with Crippen molar-refractivity contribution in [1.82, 2.24) is 5.32 Å². The number of benzene rings is 2. The van der Waals surface area contributed by atoms with Gasteiger partial charge in [-0.25, -0.2) is 0 Å². The van der Waals surface area contributed by atoms with Crippen molar-refractivity contribution in [3.05, 3.63) is 68.6 Å². The second-order valence-electron chi connectivity index (χ2n) is 7.93. The highest BCUT2D eigenvalue weighted by Crippen LogP contribution is 2.36. The fourth-order valence-corrected chi connectivity index (χ4v) is 3.97. The highest BCUT2D eigenvalue weighted by Gasteiger charge is 2.36. The monoisotopic (exact) mass is 421 g/mol. The second-order valence-corrected chi connectivity index (χ2v) is 7.93. The summed E-state index contributed by atoms with van der Waals surface area (Å²) in [5, 5.41) is 3.36. The summed E-state index contributed by atoms with van der Waals surface area (Å²) in [5.41, 5.74) is 3.21. The van der Waals surface area contributed by atoms with E-state index in [1.54, 1.807) is 19.2 Å². The predicted octanol–water partition coefficient (Wildman–Crippen LogP) is 4.82. The summed E-state index contributed by atoms with van der Waals surface area (Å²) in [4.78, 5) is 26.0. The van der Waals surface area contributed by atoms with E-state index in [-0.39, 0.29) is 11.2 Å². The van der Waals surface area contributed by atoms with Crippen molar-refractivity contribution in [3.63, 3.8) is 0 Å². The van der Waals surface area contributed by atoms with Gasteiger partial charge in [0.05, 0.1) is 30.7 Å². The first-order valence-corrected chi connectivity index (χ1v) is 10.6. The van der Waals surface area contributed by atoms with Crippen LogP contribution in [0.15, 0.2) is 39.5 Å². The first kappa shape index (κ1) is 21.0. The van der Waals surface area contributed by atoms with Gasteiger partial charge in [-0.3, -0.25) is 9.59 Å². The van der Waals surface area contributed by atoms with E-state index in [1.807, 2.05) is 32.0 Å². The van der Waals surface area contributed by atoms with Crippen molar-refractivity contribution in [2.24, 2.45) is 0 Å². The number of unbranched alkanes of at least 4 members (excludes halogenated alkanes) is 2. The predicted molar refractivity (Wildman–Crippen MR) is 119 cm³/mol. The van der Waals surface area contributed by atoms with E-state index in [9.17, 15) is 9.59 Å². The Hall–Kier alpha value is -3.28. The van der Waals surface area contributed by atoms with E-state index in [0.717, 1.165) is 36.0 Å². The molecule has 0 aliphatic carbocycles. The number of carbonyl (C=O) groups excluding carboxylic acids is 1. The number of ether oxygens (including phenoxy) is 2. The quantitative estimate of drug-likeness (QED) is 0.554. The molecule has 1 aromatic heterocycles. The van der Waals surface area contributed by atoms with Crippen LogP contribution in [0.4, 0.5) is 0 Å². The van der Waals surface area contributed by atoms with Crippen LogP contribution in [0.2, 0.25) is 0 Å². The highest BCUT2D eigenvalue weighted by molar-refractivity contribution is 5.99. The number of amides is 1. The Morgan fingerprint density at radius 1 is 1.06 bits per heavy atom. The van der Waals surface area contributed by atoms with Crippen LogP contribution in [0.3, 0.4) is 0 Å². The summed E-state index contributed by atoms with van der Waals surface area (Å²) in [6, 6.07) is 8.53. The van der Waals surface area contributed by atoms with Crippen molar-refractivity contribution in [3.8, 4) is 11.5 Å². The molecule has 0 radical (unpaired) electrons. The molecule has 162 valence electrons. The molecule has 1 N–H and O–H groups in total. The van der Waals surface area contributed by atoms with Crippen molar-refractivity contribution in [1.29, 1.82) is 0 Å². The lowest BCUT2D eigenvalue weighted by atomic mass is 9.97. The molecule has 0 spiro atoms. The molecule has 6 heteroatoms. The molecule has 0 saturated carbocycles. The molecule has 1 aliphatic rings. The molecule has 3 aromatic rings. The van der Waals surface area contributed by atoms with Gasteiger partial charge >= 0.3 is 0 Å². The van der Waals surface area contributed by atoms with Gasteiger partial charge in [-0.05, 0) is 55.2 Å². The normalized spacial score (nSPS) is 15.1. The molecule has 1 unspecified atom stereocenters. The Kier molecular flexibility index (Phi) is 5.72. The number of rotatable bonds is 7. The molecule has 0 saturated heterocycles. The number of hydrogen-bond donors (Lipinski definition) is 1. The van der Waals surface area contributed by atoms with Gasteiger partial charge in [0.25, 0.3) is 5.91 Å². The first-order chi connectivity index (χ1) is 15.0. The molecule has 4 rings (SSSR count). The zero-order chi connectivity index (χ0) is 22.1. The molecule has 1 atom stereocenters. The zero-order valence-corrected chi connectivity index (χ0v) is 18.3. The Morgan fingerprint density at radius 2 is 1.87 bits per heavy atom. The van der Waals surface area contributed by atoms with E-state index in [0.29, 0.717) is 34.6 Å². The Balaban J connectivity index is 1.75. The van der Waals surface area contributed by atoms with Crippen molar-refractivity contribution >= 4 is 16.9 Å². The van der Waals surface area contributed by atoms with Gasteiger partial charge in [0, 0.05) is 0 Å². The lowest BCUT2D eigenvalue weighted by Gasteiger charge is -2.16. The van der Waals surface area contributed by atoms with E-state index in [4.69, 9.17) is 13.9 Å². The van der Waals surface area contributed by atoms with Crippen LogP contribution in [-0.4, -0.2) is 19.6 Å². The van der Waals surface area contributed by atoms with Crippen LogP contribution in [-0.2, 0) is 0 Å². The van der Waals surface area contributed by atoms with Crippen LogP contribution in [0.5, 0.6) is 11.5 Å². The first-order valence-electron chi connectivity index (χ1n) is 10.6. The largest absolute Gasteiger partial charge is 0.493 e. The molecule has 2 aromatic carbocycles. The summed E-state index contributed by atoms with van der Waals surface area (Å²) < 4.78 is 17.3. The van der Waals surface area contributed by atoms with E-state index in [2.05, 4.69) is 12.2 Å². The zero-order valence-electron chi connectivity index (χ0n) is 18.3. The minimum Gasteiger partial charge on any atom is -0.493 e. The molecule has 1 aliphatic heterocycles. The summed E-state index contributed by atoms with van der Waals surface area (Å²) in [6.45, 7) is 6.59. The molecule has 0 fully saturated rings. The van der Waals surface area contributed by atoms with Gasteiger partial charge in [-0.15, -0.1) is 0 Å². The van der Waals surface area contributed by atoms with Crippen molar-refractivity contribution in [2.45, 2.75) is 46.1 Å². The van der Waals surface area contributed by atoms with Crippen LogP contribution in [0, 0.1) is 13.8 Å². The maximum Gasteiger partial charge on any atom is 0.288 e. The van der Waals surface area contributed by atoms with Crippen LogP contribution < -0.4 is 20.2 Å². The van der Waals surface area contributed by atoms with Crippen LogP contribution in [0.25, 0.3) is 11.0 Å². The van der Waals surface area contributed by atoms with Gasteiger partial charge in [0.2, 0.25) is 5.76 Å². The van der Waals surface area contributed by atoms with Crippen LogP contribution in [0.1, 0.15) is 65.0 Å². The molecule has 0 bridgehead atoms. The number of hydrogen-bond acceptors (Lipinski definition) is 5. The fraction of sp³-hybridized carbons (Fsp3) is 0.360. The van der Waals surface area contributed by atoms with Crippen molar-refractivity contribution < 1.29 is 18.7 Å². The van der Waals surface area contributed by atoms with E-state index in [1.165, 1.54) is 0 Å². The number of methoxy groups -OCH3 is 1. The number of nitrogens with one attached hydrogen (secondary N) is 1. The summed E-state index contributed by atoms with van der Waals surface area (Å²) >= 11 is 0. The number of fused-ring (bicyclic) bond motifs is 2. The lowest BCUT2D eigenvalue weighted by Crippen LogP contribution is -2.22. The van der Waals surface area contributed by atoms with Crippen molar-refractivity contribution in [2.75, 3.05) is 13.7 Å². The standard InChI is InChI=1S/C25H27NO5/c1-5-6-7-12-30-18-11-9-16(13-19(18)29-4)21-20-22(27)17-10-8-14(2)15(3)23(17)31-24(20)25(28)26-21/h8-11,13,21H,5-7,12H2,1-4H3,(H,26,28). The maximum atomic E-state index is 13.3. The third-order valence-electron chi connectivity index (χ3n) is 5.91. The highest BCUT2D eigenvalue weighted by atomic mass is 16.5. The lowest BCUT2D eigenvalue weighted by molar-refractivity contribution is 0.0938. The maximum absolute atomic E-state index is 13.3. The number of aryl methyl sites for hydroxylation is 2. The molecule has 1 amide bonds. The number of carbonyl (C=O) groups is 1. The minimum absolute atomic E-state index is 0.0788. The molecule has 6 nitrogen and oxygen atoms in total.